The smallest absolute Gasteiger partial charge is 0.0628 e. The predicted octanol–water partition coefficient (Wildman–Crippen LogP) is 1.80. The molecule has 19 heavy (non-hydrogen) atoms. The molecule has 1 heterocycles. The van der Waals surface area contributed by atoms with Crippen molar-refractivity contribution in [3.63, 3.8) is 0 Å². The third-order valence-corrected chi connectivity index (χ3v) is 3.47. The highest BCUT2D eigenvalue weighted by Crippen LogP contribution is 2.13. The van der Waals surface area contributed by atoms with Crippen LogP contribution in [0, 0.1) is 19.8 Å². The molecule has 0 amide bonds. The third kappa shape index (κ3) is 5.74. The van der Waals surface area contributed by atoms with E-state index in [4.69, 9.17) is 0 Å². The lowest BCUT2D eigenvalue weighted by molar-refractivity contribution is 0.532. The minimum Gasteiger partial charge on any atom is -0.315 e. The predicted molar refractivity (Wildman–Crippen MR) is 81.6 cm³/mol. The number of hydrogen-bond donors (Lipinski definition) is 2. The number of rotatable bonds is 9. The van der Waals surface area contributed by atoms with E-state index in [1.807, 2.05) is 11.7 Å². The maximum Gasteiger partial charge on any atom is 0.0628 e. The zero-order valence-electron chi connectivity index (χ0n) is 13.2. The van der Waals surface area contributed by atoms with Gasteiger partial charge in [0.15, 0.2) is 0 Å². The average Bonchev–Trinajstić information content (AvgIpc) is 2.58. The summed E-state index contributed by atoms with van der Waals surface area (Å²) < 4.78 is 1.98. The lowest BCUT2D eigenvalue weighted by Crippen LogP contribution is -2.30. The van der Waals surface area contributed by atoms with Crippen molar-refractivity contribution in [1.82, 2.24) is 20.4 Å². The van der Waals surface area contributed by atoms with E-state index in [0.717, 1.165) is 38.5 Å². The Kier molecular flexibility index (Phi) is 7.10. The Hall–Kier alpha value is -0.870. The van der Waals surface area contributed by atoms with Gasteiger partial charge in [0.2, 0.25) is 0 Å². The number of nitrogens with zero attached hydrogens (tertiary/aromatic N) is 2. The molecule has 4 nitrogen and oxygen atoms in total. The summed E-state index contributed by atoms with van der Waals surface area (Å²) in [5, 5.41) is 11.4. The fraction of sp³-hybridized carbons (Fsp3) is 0.800. The monoisotopic (exact) mass is 266 g/mol. The molecule has 0 saturated carbocycles. The second-order valence-electron chi connectivity index (χ2n) is 5.72. The Balaban J connectivity index is 2.08. The molecule has 0 atom stereocenters. The summed E-state index contributed by atoms with van der Waals surface area (Å²) in [6.45, 7) is 13.0. The Morgan fingerprint density at radius 1 is 1.11 bits per heavy atom. The fourth-order valence-electron chi connectivity index (χ4n) is 2.26. The van der Waals surface area contributed by atoms with Crippen LogP contribution in [0.1, 0.15) is 37.2 Å². The van der Waals surface area contributed by atoms with Crippen molar-refractivity contribution in [2.75, 3.05) is 26.2 Å². The average molecular weight is 266 g/mol. The lowest BCUT2D eigenvalue weighted by Gasteiger charge is -2.08. The molecule has 0 fully saturated rings. The summed E-state index contributed by atoms with van der Waals surface area (Å²) in [5.74, 6) is 0.733. The first-order chi connectivity index (χ1) is 9.02. The van der Waals surface area contributed by atoms with E-state index in [9.17, 15) is 0 Å². The summed E-state index contributed by atoms with van der Waals surface area (Å²) in [4.78, 5) is 0. The van der Waals surface area contributed by atoms with Gasteiger partial charge in [-0.2, -0.15) is 5.10 Å². The Bertz CT molecular complexity index is 368. The van der Waals surface area contributed by atoms with E-state index in [0.29, 0.717) is 0 Å². The molecule has 1 rings (SSSR count). The summed E-state index contributed by atoms with van der Waals surface area (Å²) in [7, 11) is 2.02. The first kappa shape index (κ1) is 16.2. The summed E-state index contributed by atoms with van der Waals surface area (Å²) in [6.07, 6.45) is 2.30. The van der Waals surface area contributed by atoms with Gasteiger partial charge in [-0.05, 0) is 51.3 Å². The fourth-order valence-corrected chi connectivity index (χ4v) is 2.26. The van der Waals surface area contributed by atoms with Crippen molar-refractivity contribution < 1.29 is 0 Å². The van der Waals surface area contributed by atoms with Crippen LogP contribution in [0.4, 0.5) is 0 Å². The highest BCUT2D eigenvalue weighted by molar-refractivity contribution is 5.24. The van der Waals surface area contributed by atoms with Crippen LogP contribution in [0.3, 0.4) is 0 Å². The van der Waals surface area contributed by atoms with Crippen molar-refractivity contribution in [2.24, 2.45) is 13.0 Å². The highest BCUT2D eigenvalue weighted by Gasteiger charge is 2.08. The molecule has 2 N–H and O–H groups in total. The largest absolute Gasteiger partial charge is 0.315 e. The van der Waals surface area contributed by atoms with Gasteiger partial charge in [-0.1, -0.05) is 13.8 Å². The van der Waals surface area contributed by atoms with E-state index in [1.165, 1.54) is 23.4 Å². The minimum absolute atomic E-state index is 0.733. The quantitative estimate of drug-likeness (QED) is 0.670. The Labute approximate surface area is 118 Å². The van der Waals surface area contributed by atoms with Crippen LogP contribution in [-0.2, 0) is 13.5 Å². The van der Waals surface area contributed by atoms with Crippen LogP contribution in [0.15, 0.2) is 0 Å². The van der Waals surface area contributed by atoms with E-state index >= 15 is 0 Å². The van der Waals surface area contributed by atoms with Gasteiger partial charge in [-0.3, -0.25) is 4.68 Å². The molecule has 0 bridgehead atoms. The van der Waals surface area contributed by atoms with Crippen LogP contribution in [0.25, 0.3) is 0 Å². The molecule has 1 aromatic heterocycles. The van der Waals surface area contributed by atoms with E-state index in [-0.39, 0.29) is 0 Å². The van der Waals surface area contributed by atoms with Crippen LogP contribution in [-0.4, -0.2) is 36.0 Å². The molecule has 1 aromatic rings. The van der Waals surface area contributed by atoms with Crippen molar-refractivity contribution in [2.45, 2.75) is 40.5 Å². The van der Waals surface area contributed by atoms with Crippen molar-refractivity contribution in [3.05, 3.63) is 17.0 Å². The maximum atomic E-state index is 4.45. The molecule has 0 aromatic carbocycles. The van der Waals surface area contributed by atoms with Gasteiger partial charge in [0, 0.05) is 25.8 Å². The minimum atomic E-state index is 0.733. The van der Waals surface area contributed by atoms with Crippen molar-refractivity contribution >= 4 is 0 Å². The highest BCUT2D eigenvalue weighted by atomic mass is 15.3. The van der Waals surface area contributed by atoms with Crippen molar-refractivity contribution in [1.29, 1.82) is 0 Å². The number of aromatic nitrogens is 2. The molecular weight excluding hydrogens is 236 g/mol. The van der Waals surface area contributed by atoms with Gasteiger partial charge in [0.25, 0.3) is 0 Å². The zero-order chi connectivity index (χ0) is 14.3. The molecule has 110 valence electrons. The molecular formula is C15H30N4. The number of aryl methyl sites for hydroxylation is 2. The van der Waals surface area contributed by atoms with Gasteiger partial charge in [0.05, 0.1) is 5.69 Å². The standard InChI is InChI=1S/C15H30N4/c1-12(2)11-17-10-9-16-8-6-7-15-13(3)18-19(5)14(15)4/h12,16-17H,6-11H2,1-5H3. The number of hydrogen-bond acceptors (Lipinski definition) is 3. The molecule has 0 radical (unpaired) electrons. The zero-order valence-corrected chi connectivity index (χ0v) is 13.2. The molecule has 0 aliphatic carbocycles. The first-order valence-electron chi connectivity index (χ1n) is 7.43. The van der Waals surface area contributed by atoms with Crippen LogP contribution >= 0.6 is 0 Å². The van der Waals surface area contributed by atoms with Gasteiger partial charge >= 0.3 is 0 Å². The lowest BCUT2D eigenvalue weighted by atomic mass is 10.1. The first-order valence-corrected chi connectivity index (χ1v) is 7.43. The van der Waals surface area contributed by atoms with E-state index in [1.54, 1.807) is 0 Å². The Morgan fingerprint density at radius 3 is 2.37 bits per heavy atom. The summed E-state index contributed by atoms with van der Waals surface area (Å²) in [5.41, 5.74) is 3.90. The normalized spacial score (nSPS) is 11.5. The van der Waals surface area contributed by atoms with Crippen molar-refractivity contribution in [3.8, 4) is 0 Å². The molecule has 0 saturated heterocycles. The number of nitrogens with one attached hydrogen (secondary N) is 2. The molecule has 0 aliphatic heterocycles. The maximum absolute atomic E-state index is 4.45. The van der Waals surface area contributed by atoms with Gasteiger partial charge in [0.1, 0.15) is 0 Å². The van der Waals surface area contributed by atoms with Crippen LogP contribution < -0.4 is 10.6 Å². The molecule has 0 unspecified atom stereocenters. The Morgan fingerprint density at radius 2 is 1.79 bits per heavy atom. The van der Waals surface area contributed by atoms with Crippen LogP contribution in [0.2, 0.25) is 0 Å². The summed E-state index contributed by atoms with van der Waals surface area (Å²) >= 11 is 0. The molecule has 4 heteroatoms. The second kappa shape index (κ2) is 8.33. The molecule has 0 spiro atoms. The second-order valence-corrected chi connectivity index (χ2v) is 5.72. The SMILES string of the molecule is Cc1nn(C)c(C)c1CCCNCCNCC(C)C. The molecule has 0 aliphatic rings. The van der Waals surface area contributed by atoms with Gasteiger partial charge in [-0.25, -0.2) is 0 Å². The van der Waals surface area contributed by atoms with Crippen LogP contribution in [0.5, 0.6) is 0 Å². The van der Waals surface area contributed by atoms with E-state index in [2.05, 4.69) is 43.4 Å². The van der Waals surface area contributed by atoms with Gasteiger partial charge in [-0.15, -0.1) is 0 Å². The van der Waals surface area contributed by atoms with Gasteiger partial charge < -0.3 is 10.6 Å². The van der Waals surface area contributed by atoms with E-state index < -0.39 is 0 Å². The summed E-state index contributed by atoms with van der Waals surface area (Å²) in [6, 6.07) is 0. The topological polar surface area (TPSA) is 41.9 Å². The third-order valence-electron chi connectivity index (χ3n) is 3.47.